The molecule has 0 atom stereocenters. The number of benzene rings is 1. The van der Waals surface area contributed by atoms with Gasteiger partial charge in [-0.05, 0) is 46.6 Å². The van der Waals surface area contributed by atoms with Crippen molar-refractivity contribution in [1.29, 1.82) is 0 Å². The van der Waals surface area contributed by atoms with Crippen molar-refractivity contribution in [3.05, 3.63) is 58.5 Å². The minimum absolute atomic E-state index is 0.0480. The molecular formula is C18H16BrN3O2. The normalized spacial score (nSPS) is 13.7. The average Bonchev–Trinajstić information content (AvgIpc) is 2.98. The number of nitrogens with zero attached hydrogens (tertiary/aromatic N) is 3. The Morgan fingerprint density at radius 2 is 2.12 bits per heavy atom. The van der Waals surface area contributed by atoms with Crippen molar-refractivity contribution in [1.82, 2.24) is 9.38 Å². The maximum Gasteiger partial charge on any atom is 0.277 e. The largest absolute Gasteiger partial charge is 0.490 e. The molecule has 3 heterocycles. The second kappa shape index (κ2) is 5.94. The SMILES string of the molecule is CCc1nc2ccc(Br)cn2c1C(=O)N1CCOc2ccccc21. The van der Waals surface area contributed by atoms with Gasteiger partial charge >= 0.3 is 0 Å². The topological polar surface area (TPSA) is 46.8 Å². The zero-order chi connectivity index (χ0) is 16.7. The standard InChI is InChI=1S/C18H16BrN3O2/c1-2-13-17(22-11-12(19)7-8-16(22)20-13)18(23)21-9-10-24-15-6-4-3-5-14(15)21/h3-8,11H,2,9-10H2,1H3. The van der Waals surface area contributed by atoms with E-state index in [2.05, 4.69) is 20.9 Å². The summed E-state index contributed by atoms with van der Waals surface area (Å²) in [5.41, 5.74) is 3.01. The molecule has 0 saturated heterocycles. The number of anilines is 1. The molecule has 1 aliphatic heterocycles. The van der Waals surface area contributed by atoms with E-state index in [9.17, 15) is 4.79 Å². The molecule has 4 rings (SSSR count). The summed E-state index contributed by atoms with van der Waals surface area (Å²) in [6.45, 7) is 3.03. The lowest BCUT2D eigenvalue weighted by Crippen LogP contribution is -2.38. The molecule has 0 fully saturated rings. The number of imidazole rings is 1. The second-order valence-corrected chi connectivity index (χ2v) is 6.52. The minimum Gasteiger partial charge on any atom is -0.490 e. The summed E-state index contributed by atoms with van der Waals surface area (Å²) in [6.07, 6.45) is 2.59. The minimum atomic E-state index is -0.0480. The van der Waals surface area contributed by atoms with E-state index in [0.29, 0.717) is 25.3 Å². The Hall–Kier alpha value is -2.34. The van der Waals surface area contributed by atoms with Crippen LogP contribution in [-0.2, 0) is 6.42 Å². The maximum absolute atomic E-state index is 13.3. The highest BCUT2D eigenvalue weighted by Crippen LogP contribution is 2.32. The molecule has 0 N–H and O–H groups in total. The first-order valence-electron chi connectivity index (χ1n) is 7.89. The fraction of sp³-hybridized carbons (Fsp3) is 0.222. The van der Waals surface area contributed by atoms with Gasteiger partial charge in [0.05, 0.1) is 17.9 Å². The van der Waals surface area contributed by atoms with Crippen LogP contribution in [-0.4, -0.2) is 28.4 Å². The smallest absolute Gasteiger partial charge is 0.277 e. The molecule has 122 valence electrons. The highest BCUT2D eigenvalue weighted by atomic mass is 79.9. The van der Waals surface area contributed by atoms with E-state index in [1.165, 1.54) is 0 Å². The monoisotopic (exact) mass is 385 g/mol. The Balaban J connectivity index is 1.86. The summed E-state index contributed by atoms with van der Waals surface area (Å²) >= 11 is 3.48. The summed E-state index contributed by atoms with van der Waals surface area (Å²) in [6, 6.07) is 11.5. The van der Waals surface area contributed by atoms with E-state index >= 15 is 0 Å². The molecule has 1 aliphatic rings. The van der Waals surface area contributed by atoms with E-state index in [0.717, 1.165) is 27.3 Å². The number of aromatic nitrogens is 2. The Kier molecular flexibility index (Phi) is 3.76. The average molecular weight is 386 g/mol. The van der Waals surface area contributed by atoms with Crippen LogP contribution in [0, 0.1) is 0 Å². The van der Waals surface area contributed by atoms with Crippen LogP contribution in [0.5, 0.6) is 5.75 Å². The molecule has 0 unspecified atom stereocenters. The number of para-hydroxylation sites is 2. The number of pyridine rings is 1. The molecule has 0 spiro atoms. The number of halogens is 1. The van der Waals surface area contributed by atoms with Crippen LogP contribution in [0.3, 0.4) is 0 Å². The zero-order valence-corrected chi connectivity index (χ0v) is 14.8. The van der Waals surface area contributed by atoms with Crippen LogP contribution in [0.4, 0.5) is 5.69 Å². The molecule has 0 saturated carbocycles. The summed E-state index contributed by atoms with van der Waals surface area (Å²) in [5.74, 6) is 0.693. The predicted octanol–water partition coefficient (Wildman–Crippen LogP) is 3.70. The number of hydrogen-bond acceptors (Lipinski definition) is 3. The fourth-order valence-electron chi connectivity index (χ4n) is 3.05. The number of amides is 1. The molecule has 0 radical (unpaired) electrons. The molecular weight excluding hydrogens is 370 g/mol. The molecule has 3 aromatic rings. The van der Waals surface area contributed by atoms with Crippen molar-refractivity contribution in [2.45, 2.75) is 13.3 Å². The van der Waals surface area contributed by atoms with Gasteiger partial charge in [-0.3, -0.25) is 9.20 Å². The number of aryl methyl sites for hydroxylation is 1. The summed E-state index contributed by atoms with van der Waals surface area (Å²) in [7, 11) is 0. The van der Waals surface area contributed by atoms with Gasteiger partial charge in [-0.2, -0.15) is 0 Å². The van der Waals surface area contributed by atoms with Gasteiger partial charge in [0.25, 0.3) is 5.91 Å². The third-order valence-electron chi connectivity index (χ3n) is 4.17. The van der Waals surface area contributed by atoms with E-state index in [1.54, 1.807) is 4.90 Å². The summed E-state index contributed by atoms with van der Waals surface area (Å²) < 4.78 is 8.43. The summed E-state index contributed by atoms with van der Waals surface area (Å²) in [5, 5.41) is 0. The van der Waals surface area contributed by atoms with Gasteiger partial charge in [-0.15, -0.1) is 0 Å². The van der Waals surface area contributed by atoms with Crippen LogP contribution < -0.4 is 9.64 Å². The highest BCUT2D eigenvalue weighted by Gasteiger charge is 2.28. The van der Waals surface area contributed by atoms with Crippen LogP contribution in [0.15, 0.2) is 47.1 Å². The van der Waals surface area contributed by atoms with Crippen molar-refractivity contribution in [2.75, 3.05) is 18.1 Å². The first-order chi connectivity index (χ1) is 11.7. The lowest BCUT2D eigenvalue weighted by Gasteiger charge is -2.29. The summed E-state index contributed by atoms with van der Waals surface area (Å²) in [4.78, 5) is 19.7. The van der Waals surface area contributed by atoms with Crippen LogP contribution in [0.25, 0.3) is 5.65 Å². The van der Waals surface area contributed by atoms with Crippen LogP contribution in [0.2, 0.25) is 0 Å². The molecule has 1 aromatic carbocycles. The van der Waals surface area contributed by atoms with Crippen LogP contribution in [0.1, 0.15) is 23.1 Å². The Morgan fingerprint density at radius 1 is 1.29 bits per heavy atom. The van der Waals surface area contributed by atoms with Crippen molar-refractivity contribution >= 4 is 33.2 Å². The Labute approximate surface area is 148 Å². The number of carbonyl (C=O) groups is 1. The molecule has 24 heavy (non-hydrogen) atoms. The van der Waals surface area contributed by atoms with Crippen molar-refractivity contribution in [3.8, 4) is 5.75 Å². The Morgan fingerprint density at radius 3 is 2.96 bits per heavy atom. The number of carbonyl (C=O) groups excluding carboxylic acids is 1. The van der Waals surface area contributed by atoms with E-state index < -0.39 is 0 Å². The van der Waals surface area contributed by atoms with E-state index in [1.807, 2.05) is 53.9 Å². The van der Waals surface area contributed by atoms with Gasteiger partial charge in [-0.1, -0.05) is 19.1 Å². The third kappa shape index (κ3) is 2.38. The molecule has 2 aromatic heterocycles. The number of fused-ring (bicyclic) bond motifs is 2. The van der Waals surface area contributed by atoms with Crippen LogP contribution >= 0.6 is 15.9 Å². The van der Waals surface area contributed by atoms with Gasteiger partial charge in [0.1, 0.15) is 23.7 Å². The van der Waals surface area contributed by atoms with Gasteiger partial charge in [0, 0.05) is 10.7 Å². The second-order valence-electron chi connectivity index (χ2n) is 5.61. The predicted molar refractivity (Wildman–Crippen MR) is 95.9 cm³/mol. The molecule has 1 amide bonds. The van der Waals surface area contributed by atoms with E-state index in [-0.39, 0.29) is 5.91 Å². The molecule has 5 nitrogen and oxygen atoms in total. The number of ether oxygens (including phenoxy) is 1. The van der Waals surface area contributed by atoms with E-state index in [4.69, 9.17) is 4.74 Å². The first-order valence-corrected chi connectivity index (χ1v) is 8.68. The lowest BCUT2D eigenvalue weighted by atomic mass is 10.2. The molecule has 0 aliphatic carbocycles. The quantitative estimate of drug-likeness (QED) is 0.675. The maximum atomic E-state index is 13.3. The number of rotatable bonds is 2. The van der Waals surface area contributed by atoms with Gasteiger partial charge in [0.2, 0.25) is 0 Å². The Bertz CT molecular complexity index is 935. The number of hydrogen-bond donors (Lipinski definition) is 0. The highest BCUT2D eigenvalue weighted by molar-refractivity contribution is 9.10. The van der Waals surface area contributed by atoms with Crippen molar-refractivity contribution < 1.29 is 9.53 Å². The third-order valence-corrected chi connectivity index (χ3v) is 4.63. The van der Waals surface area contributed by atoms with Gasteiger partial charge in [-0.25, -0.2) is 4.98 Å². The van der Waals surface area contributed by atoms with Crippen molar-refractivity contribution in [3.63, 3.8) is 0 Å². The van der Waals surface area contributed by atoms with Gasteiger partial charge < -0.3 is 9.64 Å². The molecule has 6 heteroatoms. The van der Waals surface area contributed by atoms with Gasteiger partial charge in [0.15, 0.2) is 0 Å². The lowest BCUT2D eigenvalue weighted by molar-refractivity contribution is 0.0970. The first kappa shape index (κ1) is 15.2. The van der Waals surface area contributed by atoms with Crippen molar-refractivity contribution in [2.24, 2.45) is 0 Å². The fourth-order valence-corrected chi connectivity index (χ4v) is 3.39. The zero-order valence-electron chi connectivity index (χ0n) is 13.2. The molecule has 0 bridgehead atoms.